The highest BCUT2D eigenvalue weighted by molar-refractivity contribution is 14.0. The molecule has 7 heteroatoms. The minimum absolute atomic E-state index is 0. The van der Waals surface area contributed by atoms with Crippen molar-refractivity contribution in [1.82, 2.24) is 25.4 Å². The van der Waals surface area contributed by atoms with Crippen molar-refractivity contribution in [1.29, 1.82) is 0 Å². The molecule has 2 N–H and O–H groups in total. The standard InChI is InChI=1S/C25H34N6.HI/c1-4-24-30-27-19-31(24)18-17-26-25(29-21(3)23-13-9-6-10-14-23)28-20(2)15-16-22-11-7-5-8-12-22;/h5-14,19-21H,4,15-18H2,1-3H3,(H2,26,28,29);1H. The Morgan fingerprint density at radius 3 is 2.38 bits per heavy atom. The summed E-state index contributed by atoms with van der Waals surface area (Å²) < 4.78 is 2.07. The first-order valence-electron chi connectivity index (χ1n) is 11.2. The van der Waals surface area contributed by atoms with Crippen LogP contribution in [0.4, 0.5) is 0 Å². The van der Waals surface area contributed by atoms with Crippen LogP contribution in [0.2, 0.25) is 0 Å². The van der Waals surface area contributed by atoms with E-state index in [1.807, 2.05) is 6.07 Å². The minimum atomic E-state index is 0. The highest BCUT2D eigenvalue weighted by atomic mass is 127. The number of halogens is 1. The van der Waals surface area contributed by atoms with Crippen molar-refractivity contribution < 1.29 is 0 Å². The lowest BCUT2D eigenvalue weighted by Gasteiger charge is -2.22. The molecule has 2 unspecified atom stereocenters. The predicted octanol–water partition coefficient (Wildman–Crippen LogP) is 4.78. The summed E-state index contributed by atoms with van der Waals surface area (Å²) in [6.07, 6.45) is 4.73. The summed E-state index contributed by atoms with van der Waals surface area (Å²) in [6, 6.07) is 21.5. The van der Waals surface area contributed by atoms with Crippen LogP contribution in [-0.4, -0.2) is 33.3 Å². The van der Waals surface area contributed by atoms with Crippen LogP contribution in [0.1, 0.15) is 50.2 Å². The third-order valence-corrected chi connectivity index (χ3v) is 5.37. The molecule has 1 heterocycles. The average molecular weight is 547 g/mol. The van der Waals surface area contributed by atoms with Gasteiger partial charge < -0.3 is 15.2 Å². The summed E-state index contributed by atoms with van der Waals surface area (Å²) in [4.78, 5) is 4.85. The average Bonchev–Trinajstić information content (AvgIpc) is 3.26. The van der Waals surface area contributed by atoms with E-state index in [4.69, 9.17) is 4.99 Å². The van der Waals surface area contributed by atoms with Crippen molar-refractivity contribution in [3.05, 3.63) is 83.9 Å². The van der Waals surface area contributed by atoms with Crippen LogP contribution in [0.5, 0.6) is 0 Å². The molecule has 3 aromatic rings. The Kier molecular flexibility index (Phi) is 11.2. The molecule has 0 amide bonds. The molecule has 0 aliphatic carbocycles. The van der Waals surface area contributed by atoms with Crippen LogP contribution < -0.4 is 10.6 Å². The Morgan fingerprint density at radius 1 is 1.00 bits per heavy atom. The zero-order valence-corrected chi connectivity index (χ0v) is 21.6. The summed E-state index contributed by atoms with van der Waals surface area (Å²) in [5.41, 5.74) is 2.60. The second-order valence-electron chi connectivity index (χ2n) is 7.87. The first-order chi connectivity index (χ1) is 15.2. The first-order valence-corrected chi connectivity index (χ1v) is 11.2. The molecule has 6 nitrogen and oxygen atoms in total. The fourth-order valence-corrected chi connectivity index (χ4v) is 3.51. The van der Waals surface area contributed by atoms with E-state index in [9.17, 15) is 0 Å². The maximum Gasteiger partial charge on any atom is 0.192 e. The Balaban J connectivity index is 0.00000363. The van der Waals surface area contributed by atoms with E-state index in [1.54, 1.807) is 6.33 Å². The lowest BCUT2D eigenvalue weighted by atomic mass is 10.1. The number of hydrogen-bond acceptors (Lipinski definition) is 3. The molecule has 0 fully saturated rings. The van der Waals surface area contributed by atoms with Crippen molar-refractivity contribution in [2.24, 2.45) is 4.99 Å². The van der Waals surface area contributed by atoms with Crippen LogP contribution in [-0.2, 0) is 19.4 Å². The Labute approximate surface area is 209 Å². The van der Waals surface area contributed by atoms with Crippen molar-refractivity contribution in [3.8, 4) is 0 Å². The van der Waals surface area contributed by atoms with Gasteiger partial charge in [0, 0.05) is 19.0 Å². The molecule has 2 atom stereocenters. The van der Waals surface area contributed by atoms with Gasteiger partial charge in [-0.1, -0.05) is 67.6 Å². The monoisotopic (exact) mass is 546 g/mol. The molecule has 0 spiro atoms. The van der Waals surface area contributed by atoms with Crippen LogP contribution in [0, 0.1) is 0 Å². The molecule has 0 bridgehead atoms. The SMILES string of the molecule is CCc1nncn1CCN=C(NC(C)CCc1ccccc1)NC(C)c1ccccc1.I. The smallest absolute Gasteiger partial charge is 0.192 e. The second-order valence-corrected chi connectivity index (χ2v) is 7.87. The van der Waals surface area contributed by atoms with Gasteiger partial charge in [0.05, 0.1) is 12.6 Å². The number of aliphatic imine (C=N–C) groups is 1. The number of rotatable bonds is 10. The van der Waals surface area contributed by atoms with Gasteiger partial charge in [-0.05, 0) is 37.8 Å². The first kappa shape index (κ1) is 25.8. The molecule has 0 aliphatic heterocycles. The molecular formula is C25H35IN6. The van der Waals surface area contributed by atoms with Gasteiger partial charge in [-0.3, -0.25) is 4.99 Å². The van der Waals surface area contributed by atoms with E-state index in [0.29, 0.717) is 12.6 Å². The van der Waals surface area contributed by atoms with Crippen molar-refractivity contribution in [2.45, 2.75) is 58.7 Å². The molecular weight excluding hydrogens is 511 g/mol. The lowest BCUT2D eigenvalue weighted by Crippen LogP contribution is -2.43. The maximum absolute atomic E-state index is 4.85. The van der Waals surface area contributed by atoms with Crippen molar-refractivity contribution >= 4 is 29.9 Å². The maximum atomic E-state index is 4.85. The Bertz CT molecular complexity index is 926. The number of aryl methyl sites for hydroxylation is 2. The molecule has 0 saturated heterocycles. The predicted molar refractivity (Wildman–Crippen MR) is 142 cm³/mol. The van der Waals surface area contributed by atoms with Crippen molar-refractivity contribution in [3.63, 3.8) is 0 Å². The van der Waals surface area contributed by atoms with Crippen LogP contribution in [0.15, 0.2) is 72.0 Å². The van der Waals surface area contributed by atoms with E-state index < -0.39 is 0 Å². The number of benzene rings is 2. The summed E-state index contributed by atoms with van der Waals surface area (Å²) in [7, 11) is 0. The number of guanidine groups is 1. The van der Waals surface area contributed by atoms with Crippen LogP contribution >= 0.6 is 24.0 Å². The topological polar surface area (TPSA) is 67.1 Å². The van der Waals surface area contributed by atoms with Gasteiger partial charge in [-0.15, -0.1) is 34.2 Å². The number of nitrogens with one attached hydrogen (secondary N) is 2. The molecule has 2 aromatic carbocycles. The molecule has 0 radical (unpaired) electrons. The number of nitrogens with zero attached hydrogens (tertiary/aromatic N) is 4. The van der Waals surface area contributed by atoms with Crippen LogP contribution in [0.3, 0.4) is 0 Å². The van der Waals surface area contributed by atoms with Crippen LogP contribution in [0.25, 0.3) is 0 Å². The highest BCUT2D eigenvalue weighted by Crippen LogP contribution is 2.11. The van der Waals surface area contributed by atoms with E-state index in [1.165, 1.54) is 11.1 Å². The third-order valence-electron chi connectivity index (χ3n) is 5.37. The zero-order valence-electron chi connectivity index (χ0n) is 19.2. The van der Waals surface area contributed by atoms with E-state index in [2.05, 4.69) is 101 Å². The third kappa shape index (κ3) is 8.26. The summed E-state index contributed by atoms with van der Waals surface area (Å²) in [5.74, 6) is 1.83. The zero-order chi connectivity index (χ0) is 21.9. The van der Waals surface area contributed by atoms with E-state index in [0.717, 1.165) is 37.6 Å². The van der Waals surface area contributed by atoms with Gasteiger partial charge in [-0.25, -0.2) is 0 Å². The van der Waals surface area contributed by atoms with Gasteiger partial charge in [0.15, 0.2) is 5.96 Å². The summed E-state index contributed by atoms with van der Waals surface area (Å²) in [5, 5.41) is 15.3. The van der Waals surface area contributed by atoms with Gasteiger partial charge in [0.2, 0.25) is 0 Å². The second kappa shape index (κ2) is 13.9. The molecule has 0 aliphatic rings. The van der Waals surface area contributed by atoms with Gasteiger partial charge in [0.25, 0.3) is 0 Å². The fraction of sp³-hybridized carbons (Fsp3) is 0.400. The van der Waals surface area contributed by atoms with Gasteiger partial charge in [0.1, 0.15) is 12.2 Å². The van der Waals surface area contributed by atoms with Gasteiger partial charge >= 0.3 is 0 Å². The quantitative estimate of drug-likeness (QED) is 0.218. The highest BCUT2D eigenvalue weighted by Gasteiger charge is 2.11. The van der Waals surface area contributed by atoms with Crippen molar-refractivity contribution in [2.75, 3.05) is 6.54 Å². The Hall–Kier alpha value is -2.42. The number of aromatic nitrogens is 3. The van der Waals surface area contributed by atoms with E-state index >= 15 is 0 Å². The Morgan fingerprint density at radius 2 is 1.69 bits per heavy atom. The van der Waals surface area contributed by atoms with Gasteiger partial charge in [-0.2, -0.15) is 0 Å². The lowest BCUT2D eigenvalue weighted by molar-refractivity contribution is 0.575. The molecule has 1 aromatic heterocycles. The molecule has 3 rings (SSSR count). The molecule has 172 valence electrons. The number of hydrogen-bond donors (Lipinski definition) is 2. The minimum Gasteiger partial charge on any atom is -0.354 e. The molecule has 32 heavy (non-hydrogen) atoms. The summed E-state index contributed by atoms with van der Waals surface area (Å²) in [6.45, 7) is 7.89. The van der Waals surface area contributed by atoms with E-state index in [-0.39, 0.29) is 30.0 Å². The summed E-state index contributed by atoms with van der Waals surface area (Å²) >= 11 is 0. The molecule has 0 saturated carbocycles. The largest absolute Gasteiger partial charge is 0.354 e. The fourth-order valence-electron chi connectivity index (χ4n) is 3.51. The normalized spacial score (nSPS) is 13.2.